The summed E-state index contributed by atoms with van der Waals surface area (Å²) in [7, 11) is -3.53. The van der Waals surface area contributed by atoms with E-state index >= 15 is 0 Å². The first-order chi connectivity index (χ1) is 9.42. The van der Waals surface area contributed by atoms with Crippen molar-refractivity contribution in [2.75, 3.05) is 4.72 Å². The minimum atomic E-state index is -3.53. The lowest BCUT2D eigenvalue weighted by atomic mass is 9.97. The van der Waals surface area contributed by atoms with Crippen LogP contribution < -0.4 is 4.72 Å². The SMILES string of the molecule is Cc1c(NS(=O)(=O)c2ccccc2)cccc1C(C)C. The lowest BCUT2D eigenvalue weighted by molar-refractivity contribution is 0.601. The van der Waals surface area contributed by atoms with Crippen LogP contribution in [0.5, 0.6) is 0 Å². The van der Waals surface area contributed by atoms with Gasteiger partial charge in [0.05, 0.1) is 10.6 Å². The zero-order chi connectivity index (χ0) is 14.8. The van der Waals surface area contributed by atoms with E-state index in [2.05, 4.69) is 18.6 Å². The Labute approximate surface area is 120 Å². The molecule has 0 amide bonds. The van der Waals surface area contributed by atoms with Crippen molar-refractivity contribution >= 4 is 15.7 Å². The highest BCUT2D eigenvalue weighted by Crippen LogP contribution is 2.26. The summed E-state index contributed by atoms with van der Waals surface area (Å²) < 4.78 is 27.3. The van der Waals surface area contributed by atoms with E-state index in [-0.39, 0.29) is 4.90 Å². The third-order valence-corrected chi connectivity index (χ3v) is 4.68. The number of nitrogens with one attached hydrogen (secondary N) is 1. The molecule has 0 aliphatic heterocycles. The van der Waals surface area contributed by atoms with Crippen molar-refractivity contribution in [2.45, 2.75) is 31.6 Å². The number of benzene rings is 2. The van der Waals surface area contributed by atoms with Gasteiger partial charge in [0.1, 0.15) is 0 Å². The molecule has 0 spiro atoms. The fourth-order valence-corrected chi connectivity index (χ4v) is 3.34. The van der Waals surface area contributed by atoms with Gasteiger partial charge in [-0.3, -0.25) is 4.72 Å². The van der Waals surface area contributed by atoms with E-state index in [0.717, 1.165) is 11.1 Å². The third kappa shape index (κ3) is 3.02. The molecule has 2 aromatic carbocycles. The number of rotatable bonds is 4. The molecule has 0 heterocycles. The predicted octanol–water partition coefficient (Wildman–Crippen LogP) is 3.92. The summed E-state index contributed by atoms with van der Waals surface area (Å²) in [5, 5.41) is 0. The highest BCUT2D eigenvalue weighted by Gasteiger charge is 2.16. The monoisotopic (exact) mass is 289 g/mol. The minimum absolute atomic E-state index is 0.273. The first-order valence-electron chi connectivity index (χ1n) is 6.59. The van der Waals surface area contributed by atoms with Gasteiger partial charge in [0.25, 0.3) is 10.0 Å². The molecule has 0 aliphatic carbocycles. The number of hydrogen-bond acceptors (Lipinski definition) is 2. The Balaban J connectivity index is 2.38. The summed E-state index contributed by atoms with van der Waals surface area (Å²) in [6, 6.07) is 14.1. The van der Waals surface area contributed by atoms with Crippen LogP contribution in [0.4, 0.5) is 5.69 Å². The second-order valence-electron chi connectivity index (χ2n) is 5.09. The average Bonchev–Trinajstić information content (AvgIpc) is 2.41. The van der Waals surface area contributed by atoms with E-state index in [1.54, 1.807) is 36.4 Å². The van der Waals surface area contributed by atoms with Crippen molar-refractivity contribution in [3.8, 4) is 0 Å². The molecule has 2 aromatic rings. The first-order valence-corrected chi connectivity index (χ1v) is 8.07. The Morgan fingerprint density at radius 2 is 1.60 bits per heavy atom. The number of hydrogen-bond donors (Lipinski definition) is 1. The quantitative estimate of drug-likeness (QED) is 0.927. The van der Waals surface area contributed by atoms with Gasteiger partial charge in [0, 0.05) is 0 Å². The normalized spacial score (nSPS) is 11.6. The largest absolute Gasteiger partial charge is 0.279 e. The van der Waals surface area contributed by atoms with Gasteiger partial charge in [-0.1, -0.05) is 44.2 Å². The minimum Gasteiger partial charge on any atom is -0.279 e. The maximum absolute atomic E-state index is 12.3. The van der Waals surface area contributed by atoms with E-state index in [4.69, 9.17) is 0 Å². The van der Waals surface area contributed by atoms with E-state index in [9.17, 15) is 8.42 Å². The maximum atomic E-state index is 12.3. The molecule has 0 aromatic heterocycles. The number of anilines is 1. The summed E-state index contributed by atoms with van der Waals surface area (Å²) in [4.78, 5) is 0.273. The van der Waals surface area contributed by atoms with E-state index in [1.165, 1.54) is 0 Å². The molecule has 0 bridgehead atoms. The van der Waals surface area contributed by atoms with Crippen LogP contribution in [0, 0.1) is 6.92 Å². The average molecular weight is 289 g/mol. The number of sulfonamides is 1. The van der Waals surface area contributed by atoms with E-state index < -0.39 is 10.0 Å². The van der Waals surface area contributed by atoms with Gasteiger partial charge in [0.15, 0.2) is 0 Å². The molecule has 0 radical (unpaired) electrons. The molecule has 3 nitrogen and oxygen atoms in total. The van der Waals surface area contributed by atoms with Crippen LogP contribution in [0.2, 0.25) is 0 Å². The van der Waals surface area contributed by atoms with Crippen LogP contribution >= 0.6 is 0 Å². The van der Waals surface area contributed by atoms with Crippen molar-refractivity contribution in [3.05, 3.63) is 59.7 Å². The molecule has 0 saturated heterocycles. The molecule has 1 N–H and O–H groups in total. The maximum Gasteiger partial charge on any atom is 0.261 e. The fraction of sp³-hybridized carbons (Fsp3) is 0.250. The van der Waals surface area contributed by atoms with E-state index in [0.29, 0.717) is 11.6 Å². The molecule has 2 rings (SSSR count). The van der Waals surface area contributed by atoms with Crippen LogP contribution in [0.3, 0.4) is 0 Å². The highest BCUT2D eigenvalue weighted by molar-refractivity contribution is 7.92. The van der Waals surface area contributed by atoms with Crippen LogP contribution in [0.25, 0.3) is 0 Å². The summed E-state index contributed by atoms with van der Waals surface area (Å²) >= 11 is 0. The predicted molar refractivity (Wildman–Crippen MR) is 82.5 cm³/mol. The van der Waals surface area contributed by atoms with Crippen LogP contribution in [0.1, 0.15) is 30.9 Å². The summed E-state index contributed by atoms with van der Waals surface area (Å²) in [5.74, 6) is 0.358. The van der Waals surface area contributed by atoms with Crippen molar-refractivity contribution in [1.29, 1.82) is 0 Å². The molecule has 0 atom stereocenters. The van der Waals surface area contributed by atoms with Crippen molar-refractivity contribution in [3.63, 3.8) is 0 Å². The molecule has 0 fully saturated rings. The fourth-order valence-electron chi connectivity index (χ4n) is 2.19. The molecule has 0 unspecified atom stereocenters. The van der Waals surface area contributed by atoms with E-state index in [1.807, 2.05) is 19.1 Å². The second kappa shape index (κ2) is 5.67. The van der Waals surface area contributed by atoms with Crippen LogP contribution in [-0.2, 0) is 10.0 Å². The Kier molecular flexibility index (Phi) is 4.14. The van der Waals surface area contributed by atoms with Crippen molar-refractivity contribution < 1.29 is 8.42 Å². The molecule has 0 aliphatic rings. The zero-order valence-corrected chi connectivity index (χ0v) is 12.7. The van der Waals surface area contributed by atoms with Crippen LogP contribution in [-0.4, -0.2) is 8.42 Å². The van der Waals surface area contributed by atoms with Gasteiger partial charge in [-0.25, -0.2) is 8.42 Å². The molecule has 4 heteroatoms. The summed E-state index contributed by atoms with van der Waals surface area (Å²) in [5.41, 5.74) is 2.76. The topological polar surface area (TPSA) is 46.2 Å². The van der Waals surface area contributed by atoms with Gasteiger partial charge in [-0.05, 0) is 42.2 Å². The molecule has 0 saturated carbocycles. The van der Waals surface area contributed by atoms with Crippen LogP contribution in [0.15, 0.2) is 53.4 Å². The Morgan fingerprint density at radius 1 is 0.950 bits per heavy atom. The van der Waals surface area contributed by atoms with Gasteiger partial charge >= 0.3 is 0 Å². The van der Waals surface area contributed by atoms with Crippen molar-refractivity contribution in [1.82, 2.24) is 0 Å². The lowest BCUT2D eigenvalue weighted by Gasteiger charge is -2.15. The van der Waals surface area contributed by atoms with Gasteiger partial charge < -0.3 is 0 Å². The van der Waals surface area contributed by atoms with Gasteiger partial charge in [-0.15, -0.1) is 0 Å². The first kappa shape index (κ1) is 14.6. The molecule has 106 valence electrons. The molecular formula is C16H19NO2S. The Morgan fingerprint density at radius 3 is 2.20 bits per heavy atom. The van der Waals surface area contributed by atoms with Gasteiger partial charge in [0.2, 0.25) is 0 Å². The summed E-state index contributed by atoms with van der Waals surface area (Å²) in [6.45, 7) is 6.13. The zero-order valence-electron chi connectivity index (χ0n) is 11.9. The summed E-state index contributed by atoms with van der Waals surface area (Å²) in [6.07, 6.45) is 0. The standard InChI is InChI=1S/C16H19NO2S/c1-12(2)15-10-7-11-16(13(15)3)17-20(18,19)14-8-5-4-6-9-14/h4-12,17H,1-3H3. The Bertz CT molecular complexity index is 692. The lowest BCUT2D eigenvalue weighted by Crippen LogP contribution is -2.14. The highest BCUT2D eigenvalue weighted by atomic mass is 32.2. The molecule has 20 heavy (non-hydrogen) atoms. The molecular weight excluding hydrogens is 270 g/mol. The van der Waals surface area contributed by atoms with Gasteiger partial charge in [-0.2, -0.15) is 0 Å². The smallest absolute Gasteiger partial charge is 0.261 e. The third-order valence-electron chi connectivity index (χ3n) is 3.30. The van der Waals surface area contributed by atoms with Crippen molar-refractivity contribution in [2.24, 2.45) is 0 Å². The second-order valence-corrected chi connectivity index (χ2v) is 6.78. The Hall–Kier alpha value is -1.81.